The number of imide groups is 1. The molecule has 2 aliphatic heterocycles. The zero-order valence-corrected chi connectivity index (χ0v) is 36.4. The quantitative estimate of drug-likeness (QED) is 0.0298. The van der Waals surface area contributed by atoms with E-state index in [2.05, 4.69) is 38.6 Å². The lowest BCUT2D eigenvalue weighted by molar-refractivity contribution is -0.137. The fraction of sp³-hybridized carbons (Fsp3) is 0.511. The minimum Gasteiger partial charge on any atom is -0.444 e. The first-order chi connectivity index (χ1) is 30.0. The SMILES string of the molecule is C=C(Nc1ccc(CCNC(=O)OC(C)(C)C)cc1)C(CCCNN)NC(=O)[C@@H](Cc1ccccc1)NC(=O)C[C@@H]1O[C@H](CNC(=O)CCCCCN2C(=O)C=CC2=O)C(O)C1O. The predicted molar refractivity (Wildman–Crippen MR) is 235 cm³/mol. The molecule has 1 fully saturated rings. The number of aliphatic hydroxyl groups is 2. The van der Waals surface area contributed by atoms with Gasteiger partial charge in [0.25, 0.3) is 11.8 Å². The summed E-state index contributed by atoms with van der Waals surface area (Å²) in [5.41, 5.74) is 5.04. The molecule has 18 heteroatoms. The van der Waals surface area contributed by atoms with Crippen molar-refractivity contribution in [2.45, 2.75) is 121 Å². The number of benzene rings is 2. The number of carbonyl (C=O) groups excluding carboxylic acids is 6. The van der Waals surface area contributed by atoms with Gasteiger partial charge in [-0.25, -0.2) is 4.79 Å². The minimum absolute atomic E-state index is 0.104. The molecular weight excluding hydrogens is 813 g/mol. The molecule has 10 N–H and O–H groups in total. The number of anilines is 1. The van der Waals surface area contributed by atoms with E-state index < -0.39 is 60.0 Å². The van der Waals surface area contributed by atoms with Crippen LogP contribution in [0, 0.1) is 0 Å². The third-order valence-electron chi connectivity index (χ3n) is 10.4. The minimum atomic E-state index is -1.43. The van der Waals surface area contributed by atoms with Crippen LogP contribution in [-0.2, 0) is 46.3 Å². The number of nitrogens with one attached hydrogen (secondary N) is 6. The van der Waals surface area contributed by atoms with Gasteiger partial charge in [-0.1, -0.05) is 55.5 Å². The Morgan fingerprint density at radius 3 is 2.17 bits per heavy atom. The van der Waals surface area contributed by atoms with Crippen molar-refractivity contribution in [1.82, 2.24) is 31.6 Å². The molecule has 2 aromatic rings. The van der Waals surface area contributed by atoms with Gasteiger partial charge >= 0.3 is 6.09 Å². The van der Waals surface area contributed by atoms with E-state index in [1.807, 2.05) is 54.6 Å². The van der Waals surface area contributed by atoms with Crippen molar-refractivity contribution in [3.63, 3.8) is 0 Å². The molecule has 1 saturated heterocycles. The van der Waals surface area contributed by atoms with Crippen LogP contribution < -0.4 is 37.9 Å². The van der Waals surface area contributed by atoms with Gasteiger partial charge in [0.2, 0.25) is 17.7 Å². The number of hydrogen-bond acceptors (Lipinski definition) is 13. The Hall–Kier alpha value is -5.66. The van der Waals surface area contributed by atoms with Gasteiger partial charge in [0, 0.05) is 62.6 Å². The number of nitrogens with zero attached hydrogens (tertiary/aromatic N) is 1. The summed E-state index contributed by atoms with van der Waals surface area (Å²) >= 11 is 0. The molecule has 18 nitrogen and oxygen atoms in total. The van der Waals surface area contributed by atoms with Crippen LogP contribution in [-0.4, -0.2) is 119 Å². The first-order valence-electron chi connectivity index (χ1n) is 21.4. The van der Waals surface area contributed by atoms with Crippen LogP contribution in [0.1, 0.15) is 76.8 Å². The van der Waals surface area contributed by atoms with E-state index in [1.54, 1.807) is 20.8 Å². The molecule has 63 heavy (non-hydrogen) atoms. The summed E-state index contributed by atoms with van der Waals surface area (Å²) in [7, 11) is 0. The van der Waals surface area contributed by atoms with Crippen LogP contribution >= 0.6 is 0 Å². The maximum Gasteiger partial charge on any atom is 0.407 e. The molecule has 0 aromatic heterocycles. The van der Waals surface area contributed by atoms with Crippen molar-refractivity contribution in [1.29, 1.82) is 0 Å². The van der Waals surface area contributed by atoms with E-state index in [0.29, 0.717) is 57.3 Å². The maximum atomic E-state index is 14.0. The first kappa shape index (κ1) is 50.0. The molecule has 2 aliphatic rings. The van der Waals surface area contributed by atoms with Crippen LogP contribution in [0.2, 0.25) is 0 Å². The molecule has 344 valence electrons. The van der Waals surface area contributed by atoms with E-state index in [0.717, 1.165) is 21.7 Å². The Morgan fingerprint density at radius 1 is 0.825 bits per heavy atom. The van der Waals surface area contributed by atoms with Crippen LogP contribution in [0.5, 0.6) is 0 Å². The number of carbonyl (C=O) groups is 6. The Kier molecular flexibility index (Phi) is 19.7. The zero-order valence-electron chi connectivity index (χ0n) is 36.4. The van der Waals surface area contributed by atoms with E-state index in [4.69, 9.17) is 15.3 Å². The number of aliphatic hydroxyl groups excluding tert-OH is 2. The summed E-state index contributed by atoms with van der Waals surface area (Å²) in [5, 5.41) is 36.1. The van der Waals surface area contributed by atoms with Gasteiger partial charge in [-0.3, -0.25) is 40.1 Å². The summed E-state index contributed by atoms with van der Waals surface area (Å²) in [6.45, 7) is 10.7. The number of amides is 6. The molecule has 6 amide bonds. The van der Waals surface area contributed by atoms with Crippen molar-refractivity contribution < 1.29 is 48.5 Å². The summed E-state index contributed by atoms with van der Waals surface area (Å²) in [5.74, 6) is 3.47. The van der Waals surface area contributed by atoms with Gasteiger partial charge < -0.3 is 46.3 Å². The molecule has 3 unspecified atom stereocenters. The molecular formula is C45H64N8O10. The van der Waals surface area contributed by atoms with Gasteiger partial charge in [0.05, 0.1) is 18.6 Å². The smallest absolute Gasteiger partial charge is 0.407 e. The number of ether oxygens (including phenoxy) is 2. The standard InChI is InChI=1S/C45H64N8O10/c1-29(50-32-18-16-30(17-19-32)22-24-47-44(61)63-45(2,3)4)33(14-11-23-49-46)52-43(60)34(26-31-12-7-5-8-13-31)51-38(55)27-35-41(58)42(59)36(62-35)28-48-37(54)15-9-6-10-25-53-39(56)20-21-40(53)57/h5,7-8,12-13,16-21,33-36,41-42,49-50,58-59H,1,6,9-11,14-15,22-28,46H2,2-4H3,(H,47,61)(H,48,54)(H,51,55)(H,52,60)/t33?,34-,35+,36-,41?,42?/m1/s1. The van der Waals surface area contributed by atoms with Gasteiger partial charge in [-0.2, -0.15) is 0 Å². The highest BCUT2D eigenvalue weighted by Gasteiger charge is 2.43. The van der Waals surface area contributed by atoms with Gasteiger partial charge in [-0.05, 0) is 76.1 Å². The first-order valence-corrected chi connectivity index (χ1v) is 21.4. The highest BCUT2D eigenvalue weighted by molar-refractivity contribution is 6.12. The number of hydrazine groups is 1. The molecule has 0 aliphatic carbocycles. The van der Waals surface area contributed by atoms with Gasteiger partial charge in [0.1, 0.15) is 30.0 Å². The van der Waals surface area contributed by atoms with Crippen molar-refractivity contribution in [3.05, 3.63) is 90.2 Å². The molecule has 2 aromatic carbocycles. The molecule has 0 bridgehead atoms. The van der Waals surface area contributed by atoms with E-state index in [-0.39, 0.29) is 50.1 Å². The Morgan fingerprint density at radius 2 is 1.51 bits per heavy atom. The second kappa shape index (κ2) is 24.8. The van der Waals surface area contributed by atoms with Gasteiger partial charge in [-0.15, -0.1) is 0 Å². The number of unbranched alkanes of at least 4 members (excludes halogenated alkanes) is 2. The summed E-state index contributed by atoms with van der Waals surface area (Å²) in [6.07, 6.45) is 0.328. The fourth-order valence-corrected chi connectivity index (χ4v) is 7.01. The summed E-state index contributed by atoms with van der Waals surface area (Å²) in [4.78, 5) is 76.6. The Bertz CT molecular complexity index is 1870. The van der Waals surface area contributed by atoms with Gasteiger partial charge in [0.15, 0.2) is 0 Å². The number of alkyl carbamates (subject to hydrolysis) is 1. The monoisotopic (exact) mass is 876 g/mol. The second-order valence-electron chi connectivity index (χ2n) is 16.7. The van der Waals surface area contributed by atoms with Crippen LogP contribution in [0.3, 0.4) is 0 Å². The molecule has 6 atom stereocenters. The third-order valence-corrected chi connectivity index (χ3v) is 10.4. The van der Waals surface area contributed by atoms with Crippen LogP contribution in [0.25, 0.3) is 0 Å². The average molecular weight is 877 g/mol. The molecule has 0 radical (unpaired) electrons. The van der Waals surface area contributed by atoms with Crippen molar-refractivity contribution in [2.24, 2.45) is 5.84 Å². The molecule has 2 heterocycles. The fourth-order valence-electron chi connectivity index (χ4n) is 7.01. The highest BCUT2D eigenvalue weighted by atomic mass is 16.6. The lowest BCUT2D eigenvalue weighted by Gasteiger charge is -2.26. The summed E-state index contributed by atoms with van der Waals surface area (Å²) < 4.78 is 11.1. The van der Waals surface area contributed by atoms with E-state index in [9.17, 15) is 39.0 Å². The predicted octanol–water partition coefficient (Wildman–Crippen LogP) is 1.62. The number of rotatable bonds is 25. The topological polar surface area (TPSA) is 263 Å². The zero-order chi connectivity index (χ0) is 45.9. The lowest BCUT2D eigenvalue weighted by Crippen LogP contribution is -2.52. The number of nitrogens with two attached hydrogens (primary N) is 1. The third kappa shape index (κ3) is 17.2. The van der Waals surface area contributed by atoms with Crippen molar-refractivity contribution in [2.75, 3.05) is 31.5 Å². The highest BCUT2D eigenvalue weighted by Crippen LogP contribution is 2.24. The molecule has 0 spiro atoms. The van der Waals surface area contributed by atoms with Crippen molar-refractivity contribution in [3.8, 4) is 0 Å². The largest absolute Gasteiger partial charge is 0.444 e. The Balaban J connectivity index is 1.30. The van der Waals surface area contributed by atoms with E-state index in [1.165, 1.54) is 12.2 Å². The lowest BCUT2D eigenvalue weighted by atomic mass is 10.0. The van der Waals surface area contributed by atoms with Crippen LogP contribution in [0.4, 0.5) is 10.5 Å². The van der Waals surface area contributed by atoms with Crippen molar-refractivity contribution >= 4 is 41.3 Å². The van der Waals surface area contributed by atoms with Crippen LogP contribution in [0.15, 0.2) is 79.0 Å². The molecule has 0 saturated carbocycles. The normalized spacial score (nSPS) is 19.3. The second-order valence-corrected chi connectivity index (χ2v) is 16.7. The maximum absolute atomic E-state index is 14.0. The Labute approximate surface area is 368 Å². The summed E-state index contributed by atoms with van der Waals surface area (Å²) in [6, 6.07) is 15.1. The molecule has 4 rings (SSSR count). The van der Waals surface area contributed by atoms with E-state index >= 15 is 0 Å². The average Bonchev–Trinajstić information content (AvgIpc) is 3.70. The number of hydrogen-bond donors (Lipinski definition) is 9.